The number of carbonyl (C=O) groups is 3. The molecule has 2 aromatic heterocycles. The molecule has 1 aliphatic heterocycles. The highest BCUT2D eigenvalue weighted by Gasteiger charge is 2.27. The molecule has 1 aliphatic carbocycles. The molecular weight excluding hydrogens is 502 g/mol. The third-order valence-corrected chi connectivity index (χ3v) is 8.07. The van der Waals surface area contributed by atoms with Crippen molar-refractivity contribution in [2.75, 3.05) is 13.2 Å². The second kappa shape index (κ2) is 11.3. The lowest BCUT2D eigenvalue weighted by molar-refractivity contribution is 0.0690. The van der Waals surface area contributed by atoms with Crippen molar-refractivity contribution in [3.63, 3.8) is 0 Å². The van der Waals surface area contributed by atoms with Crippen molar-refractivity contribution in [2.24, 2.45) is 0 Å². The van der Waals surface area contributed by atoms with E-state index in [0.717, 1.165) is 54.5 Å². The number of ether oxygens (including phenoxy) is 1. The zero-order valence-electron chi connectivity index (χ0n) is 21.3. The van der Waals surface area contributed by atoms with Gasteiger partial charge in [0.15, 0.2) is 5.69 Å². The highest BCUT2D eigenvalue weighted by molar-refractivity contribution is 7.13. The first kappa shape index (κ1) is 25.9. The number of aromatic carboxylic acids is 1. The molecule has 38 heavy (non-hydrogen) atoms. The Morgan fingerprint density at radius 1 is 1.05 bits per heavy atom. The van der Waals surface area contributed by atoms with E-state index in [1.165, 1.54) is 12.5 Å². The number of carbonyl (C=O) groups excluding carboxylic acids is 2. The fourth-order valence-electron chi connectivity index (χ4n) is 5.13. The summed E-state index contributed by atoms with van der Waals surface area (Å²) in [4.78, 5) is 43.8. The molecule has 3 aromatic rings. The van der Waals surface area contributed by atoms with Crippen LogP contribution >= 0.6 is 11.3 Å². The van der Waals surface area contributed by atoms with Gasteiger partial charge in [-0.2, -0.15) is 0 Å². The molecule has 0 spiro atoms. The normalized spacial score (nSPS) is 15.0. The summed E-state index contributed by atoms with van der Waals surface area (Å²) in [5.41, 5.74) is 2.77. The second-order valence-electron chi connectivity index (χ2n) is 9.73. The number of pyridine rings is 1. The standard InChI is InChI=1S/C29H31N3O5S/c1-2-12-30-28(34)23-9-8-19(25(32-23)29(35)36)20-16-24-22(26-17(10-13-37-24)11-14-38-26)15-21(20)27(33)31-18-6-4-3-5-7-18/h8-9,11,14-16,18H,2-7,10,12-13H2,1H3,(H,30,34)(H,31,33)(H,35,36). The zero-order valence-corrected chi connectivity index (χ0v) is 22.2. The lowest BCUT2D eigenvalue weighted by Crippen LogP contribution is -2.36. The third kappa shape index (κ3) is 5.29. The molecule has 2 aliphatic rings. The van der Waals surface area contributed by atoms with Crippen LogP contribution in [0.15, 0.2) is 35.7 Å². The van der Waals surface area contributed by atoms with Gasteiger partial charge < -0.3 is 20.5 Å². The number of hydrogen-bond acceptors (Lipinski definition) is 6. The summed E-state index contributed by atoms with van der Waals surface area (Å²) in [6.07, 6.45) is 6.65. The highest BCUT2D eigenvalue weighted by Crippen LogP contribution is 2.43. The molecule has 0 saturated heterocycles. The van der Waals surface area contributed by atoms with E-state index >= 15 is 0 Å². The van der Waals surface area contributed by atoms with Gasteiger partial charge in [-0.3, -0.25) is 9.59 Å². The Labute approximate surface area is 225 Å². The van der Waals surface area contributed by atoms with E-state index in [9.17, 15) is 19.5 Å². The lowest BCUT2D eigenvalue weighted by Gasteiger charge is -2.24. The van der Waals surface area contributed by atoms with Crippen LogP contribution in [0, 0.1) is 0 Å². The van der Waals surface area contributed by atoms with Crippen LogP contribution < -0.4 is 15.4 Å². The van der Waals surface area contributed by atoms with E-state index < -0.39 is 11.9 Å². The van der Waals surface area contributed by atoms with Crippen LogP contribution in [-0.4, -0.2) is 47.1 Å². The smallest absolute Gasteiger partial charge is 0.355 e. The first-order chi connectivity index (χ1) is 18.5. The number of aromatic nitrogens is 1. The van der Waals surface area contributed by atoms with Gasteiger partial charge in [0, 0.05) is 46.1 Å². The molecule has 198 valence electrons. The largest absolute Gasteiger partial charge is 0.493 e. The number of nitrogens with zero attached hydrogens (tertiary/aromatic N) is 1. The molecule has 3 heterocycles. The summed E-state index contributed by atoms with van der Waals surface area (Å²) in [6, 6.07) is 8.78. The van der Waals surface area contributed by atoms with Crippen LogP contribution in [-0.2, 0) is 6.42 Å². The molecule has 0 unspecified atom stereocenters. The predicted molar refractivity (Wildman–Crippen MR) is 146 cm³/mol. The molecule has 1 saturated carbocycles. The van der Waals surface area contributed by atoms with E-state index in [4.69, 9.17) is 4.74 Å². The van der Waals surface area contributed by atoms with Crippen molar-refractivity contribution in [3.05, 3.63) is 58.2 Å². The number of hydrogen-bond donors (Lipinski definition) is 3. The molecule has 9 heteroatoms. The SMILES string of the molecule is CCCNC(=O)c1ccc(-c2cc3c(cc2C(=O)NC2CCCCC2)-c2sccc2CCO3)c(C(=O)O)n1. The Kier molecular flexibility index (Phi) is 7.74. The topological polar surface area (TPSA) is 118 Å². The maximum Gasteiger partial charge on any atom is 0.355 e. The number of amides is 2. The minimum absolute atomic E-state index is 0.0158. The number of thiophene rings is 1. The quantitative estimate of drug-likeness (QED) is 0.379. The Bertz CT molecular complexity index is 1380. The number of nitrogens with one attached hydrogen (secondary N) is 2. The third-order valence-electron chi connectivity index (χ3n) is 7.08. The first-order valence-corrected chi connectivity index (χ1v) is 14.1. The van der Waals surface area contributed by atoms with Gasteiger partial charge >= 0.3 is 5.97 Å². The van der Waals surface area contributed by atoms with E-state index in [1.807, 2.05) is 18.4 Å². The molecule has 8 nitrogen and oxygen atoms in total. The van der Waals surface area contributed by atoms with Gasteiger partial charge in [-0.15, -0.1) is 11.3 Å². The van der Waals surface area contributed by atoms with E-state index in [1.54, 1.807) is 23.5 Å². The number of rotatable bonds is 7. The van der Waals surface area contributed by atoms with Crippen LogP contribution in [0.1, 0.15) is 82.3 Å². The first-order valence-electron chi connectivity index (χ1n) is 13.2. The van der Waals surface area contributed by atoms with Gasteiger partial charge in [-0.1, -0.05) is 26.2 Å². The average molecular weight is 534 g/mol. The summed E-state index contributed by atoms with van der Waals surface area (Å²) < 4.78 is 6.09. The predicted octanol–water partition coefficient (Wildman–Crippen LogP) is 5.31. The highest BCUT2D eigenvalue weighted by atomic mass is 32.1. The Morgan fingerprint density at radius 2 is 1.87 bits per heavy atom. The number of carboxylic acids is 1. The van der Waals surface area contributed by atoms with Crippen LogP contribution in [0.4, 0.5) is 0 Å². The van der Waals surface area contributed by atoms with Gasteiger partial charge in [0.1, 0.15) is 11.4 Å². The lowest BCUT2D eigenvalue weighted by atomic mass is 9.92. The van der Waals surface area contributed by atoms with Crippen molar-refractivity contribution < 1.29 is 24.2 Å². The fraction of sp³-hybridized carbons (Fsp3) is 0.379. The van der Waals surface area contributed by atoms with E-state index in [-0.39, 0.29) is 28.9 Å². The van der Waals surface area contributed by atoms with Gasteiger partial charge in [-0.05, 0) is 60.5 Å². The van der Waals surface area contributed by atoms with E-state index in [0.29, 0.717) is 30.0 Å². The fourth-order valence-corrected chi connectivity index (χ4v) is 6.11. The second-order valence-corrected chi connectivity index (χ2v) is 10.6. The molecule has 3 N–H and O–H groups in total. The van der Waals surface area contributed by atoms with Crippen molar-refractivity contribution in [3.8, 4) is 27.3 Å². The number of carboxylic acid groups (broad SMARTS) is 1. The maximum atomic E-state index is 13.7. The summed E-state index contributed by atoms with van der Waals surface area (Å²) >= 11 is 1.60. The minimum Gasteiger partial charge on any atom is -0.493 e. The minimum atomic E-state index is -1.28. The van der Waals surface area contributed by atoms with Crippen molar-refractivity contribution in [1.29, 1.82) is 0 Å². The summed E-state index contributed by atoms with van der Waals surface area (Å²) in [6.45, 7) is 2.87. The monoisotopic (exact) mass is 533 g/mol. The molecule has 0 atom stereocenters. The number of fused-ring (bicyclic) bond motifs is 3. The van der Waals surface area contributed by atoms with Crippen molar-refractivity contribution >= 4 is 29.1 Å². The maximum absolute atomic E-state index is 13.7. The van der Waals surface area contributed by atoms with E-state index in [2.05, 4.69) is 21.7 Å². The van der Waals surface area contributed by atoms with Crippen LogP contribution in [0.25, 0.3) is 21.6 Å². The van der Waals surface area contributed by atoms with Gasteiger partial charge in [-0.25, -0.2) is 9.78 Å². The molecule has 1 fully saturated rings. The Balaban J connectivity index is 1.63. The summed E-state index contributed by atoms with van der Waals surface area (Å²) in [5, 5.41) is 18.0. The average Bonchev–Trinajstić information content (AvgIpc) is 3.33. The molecule has 5 rings (SSSR count). The van der Waals surface area contributed by atoms with Gasteiger partial charge in [0.25, 0.3) is 11.8 Å². The van der Waals surface area contributed by atoms with Crippen molar-refractivity contribution in [1.82, 2.24) is 15.6 Å². The van der Waals surface area contributed by atoms with Gasteiger partial charge in [0.2, 0.25) is 0 Å². The summed E-state index contributed by atoms with van der Waals surface area (Å²) in [5.74, 6) is -1.37. The molecule has 0 radical (unpaired) electrons. The summed E-state index contributed by atoms with van der Waals surface area (Å²) in [7, 11) is 0. The van der Waals surface area contributed by atoms with Gasteiger partial charge in [0.05, 0.1) is 6.61 Å². The van der Waals surface area contributed by atoms with Crippen molar-refractivity contribution in [2.45, 2.75) is 57.9 Å². The Hall–Kier alpha value is -3.72. The molecular formula is C29H31N3O5S. The Morgan fingerprint density at radius 3 is 2.63 bits per heavy atom. The van der Waals surface area contributed by atoms with Crippen LogP contribution in [0.2, 0.25) is 0 Å². The van der Waals surface area contributed by atoms with Crippen LogP contribution in [0.5, 0.6) is 5.75 Å². The van der Waals surface area contributed by atoms with Crippen LogP contribution in [0.3, 0.4) is 0 Å². The molecule has 1 aromatic carbocycles. The molecule has 0 bridgehead atoms. The zero-order chi connectivity index (χ0) is 26.6. The number of benzene rings is 1. The molecule has 2 amide bonds.